The van der Waals surface area contributed by atoms with Crippen LogP contribution in [0.2, 0.25) is 0 Å². The Morgan fingerprint density at radius 2 is 2.26 bits per heavy atom. The second-order valence-corrected chi connectivity index (χ2v) is 5.55. The average molecular weight is 317 g/mol. The van der Waals surface area contributed by atoms with Crippen molar-refractivity contribution >= 4 is 11.9 Å². The van der Waals surface area contributed by atoms with E-state index in [1.807, 2.05) is 17.7 Å². The summed E-state index contributed by atoms with van der Waals surface area (Å²) >= 11 is 0. The maximum absolute atomic E-state index is 12.5. The largest absolute Gasteiger partial charge is 0.480 e. The lowest BCUT2D eigenvalue weighted by molar-refractivity contribution is -0.151. The molecule has 1 aliphatic heterocycles. The Hall–Kier alpha value is -2.64. The van der Waals surface area contributed by atoms with Crippen LogP contribution in [0.5, 0.6) is 0 Å². The summed E-state index contributed by atoms with van der Waals surface area (Å²) in [6, 6.07) is -0.855. The molecule has 0 spiro atoms. The zero-order chi connectivity index (χ0) is 16.4. The number of aromatic nitrogens is 4. The van der Waals surface area contributed by atoms with E-state index >= 15 is 0 Å². The molecular formula is C15H19N5O3. The number of H-pyrrole nitrogens is 1. The number of hydrogen-bond donors (Lipinski definition) is 2. The van der Waals surface area contributed by atoms with Gasteiger partial charge in [-0.25, -0.2) is 14.8 Å². The van der Waals surface area contributed by atoms with Crippen LogP contribution in [0.15, 0.2) is 18.7 Å². The molecule has 2 N–H and O–H groups in total. The van der Waals surface area contributed by atoms with E-state index in [9.17, 15) is 14.7 Å². The summed E-state index contributed by atoms with van der Waals surface area (Å²) in [5.41, 5.74) is 1.54. The third-order valence-corrected chi connectivity index (χ3v) is 4.19. The zero-order valence-electron chi connectivity index (χ0n) is 12.9. The van der Waals surface area contributed by atoms with Crippen LogP contribution >= 0.6 is 0 Å². The summed E-state index contributed by atoms with van der Waals surface area (Å²) in [4.78, 5) is 36.8. The van der Waals surface area contributed by atoms with E-state index in [0.717, 1.165) is 23.6 Å². The highest BCUT2D eigenvalue weighted by atomic mass is 16.4. The Morgan fingerprint density at radius 1 is 1.43 bits per heavy atom. The van der Waals surface area contributed by atoms with E-state index in [-0.39, 0.29) is 25.3 Å². The quantitative estimate of drug-likeness (QED) is 0.840. The number of nitrogens with zero attached hydrogens (tertiary/aromatic N) is 4. The van der Waals surface area contributed by atoms with Crippen molar-refractivity contribution in [1.29, 1.82) is 0 Å². The molecule has 0 saturated carbocycles. The van der Waals surface area contributed by atoms with E-state index in [1.54, 1.807) is 6.20 Å². The van der Waals surface area contributed by atoms with Gasteiger partial charge in [-0.15, -0.1) is 0 Å². The number of nitrogens with one attached hydrogen (secondary N) is 1. The highest BCUT2D eigenvalue weighted by Gasteiger charge is 2.35. The molecule has 0 fully saturated rings. The SMILES string of the molecule is CCc1nccn1CCC(=O)N1Cc2[nH]cnc2C[C@H]1C(=O)O. The van der Waals surface area contributed by atoms with E-state index in [2.05, 4.69) is 15.0 Å². The molecule has 8 nitrogen and oxygen atoms in total. The summed E-state index contributed by atoms with van der Waals surface area (Å²) in [6.07, 6.45) is 6.36. The summed E-state index contributed by atoms with van der Waals surface area (Å²) in [5.74, 6) is -0.251. The summed E-state index contributed by atoms with van der Waals surface area (Å²) in [7, 11) is 0. The van der Waals surface area contributed by atoms with Crippen LogP contribution < -0.4 is 0 Å². The first kappa shape index (κ1) is 15.3. The fourth-order valence-corrected chi connectivity index (χ4v) is 2.94. The van der Waals surface area contributed by atoms with Gasteiger partial charge >= 0.3 is 5.97 Å². The number of carbonyl (C=O) groups is 2. The smallest absolute Gasteiger partial charge is 0.326 e. The molecule has 0 radical (unpaired) electrons. The highest BCUT2D eigenvalue weighted by molar-refractivity contribution is 5.84. The Kier molecular flexibility index (Phi) is 4.14. The van der Waals surface area contributed by atoms with Gasteiger partial charge in [0, 0.05) is 38.2 Å². The summed E-state index contributed by atoms with van der Waals surface area (Å²) in [5, 5.41) is 9.41. The van der Waals surface area contributed by atoms with E-state index in [0.29, 0.717) is 6.54 Å². The Labute approximate surface area is 133 Å². The minimum Gasteiger partial charge on any atom is -0.480 e. The molecule has 0 aromatic carbocycles. The standard InChI is InChI=1S/C15H19N5O3/c1-2-13-16-4-6-19(13)5-3-14(21)20-8-11-10(17-9-18-11)7-12(20)15(22)23/h4,6,9,12H,2-3,5,7-8H2,1H3,(H,17,18)(H,22,23)/t12-/m0/s1. The number of aryl methyl sites for hydroxylation is 2. The lowest BCUT2D eigenvalue weighted by atomic mass is 10.0. The van der Waals surface area contributed by atoms with Crippen molar-refractivity contribution in [3.8, 4) is 0 Å². The van der Waals surface area contributed by atoms with Crippen LogP contribution in [-0.4, -0.2) is 47.4 Å². The number of hydrogen-bond acceptors (Lipinski definition) is 4. The molecular weight excluding hydrogens is 298 g/mol. The fourth-order valence-electron chi connectivity index (χ4n) is 2.94. The molecule has 1 amide bonds. The van der Waals surface area contributed by atoms with Gasteiger partial charge in [-0.2, -0.15) is 0 Å². The molecule has 2 aromatic rings. The maximum atomic E-state index is 12.5. The molecule has 2 aromatic heterocycles. The predicted octanol–water partition coefficient (Wildman–Crippen LogP) is 0.597. The minimum atomic E-state index is -0.996. The van der Waals surface area contributed by atoms with Crippen molar-refractivity contribution in [2.75, 3.05) is 0 Å². The number of amides is 1. The van der Waals surface area contributed by atoms with Crippen molar-refractivity contribution in [3.05, 3.63) is 35.9 Å². The van der Waals surface area contributed by atoms with Gasteiger partial charge in [-0.3, -0.25) is 4.79 Å². The summed E-state index contributed by atoms with van der Waals surface area (Å²) < 4.78 is 1.93. The molecule has 1 aliphatic rings. The first-order valence-corrected chi connectivity index (χ1v) is 7.63. The Morgan fingerprint density at radius 3 is 3.00 bits per heavy atom. The molecule has 3 heterocycles. The van der Waals surface area contributed by atoms with E-state index < -0.39 is 12.0 Å². The van der Waals surface area contributed by atoms with Gasteiger partial charge in [0.1, 0.15) is 11.9 Å². The van der Waals surface area contributed by atoms with Crippen molar-refractivity contribution in [2.45, 2.75) is 45.3 Å². The van der Waals surface area contributed by atoms with Crippen LogP contribution in [0, 0.1) is 0 Å². The minimum absolute atomic E-state index is 0.173. The Bertz CT molecular complexity index is 720. The fraction of sp³-hybridized carbons (Fsp3) is 0.467. The second kappa shape index (κ2) is 6.23. The maximum Gasteiger partial charge on any atom is 0.326 e. The topological polar surface area (TPSA) is 104 Å². The number of fused-ring (bicyclic) bond motifs is 1. The molecule has 122 valence electrons. The molecule has 3 rings (SSSR count). The molecule has 0 bridgehead atoms. The first-order chi connectivity index (χ1) is 11.1. The molecule has 0 unspecified atom stereocenters. The lowest BCUT2D eigenvalue weighted by Crippen LogP contribution is -2.48. The molecule has 0 aliphatic carbocycles. The number of aliphatic carboxylic acids is 1. The van der Waals surface area contributed by atoms with Crippen molar-refractivity contribution < 1.29 is 14.7 Å². The van der Waals surface area contributed by atoms with Gasteiger partial charge < -0.3 is 19.6 Å². The number of carbonyl (C=O) groups excluding carboxylic acids is 1. The van der Waals surface area contributed by atoms with Gasteiger partial charge in [-0.05, 0) is 0 Å². The Balaban J connectivity index is 1.71. The first-order valence-electron chi connectivity index (χ1n) is 7.63. The zero-order valence-corrected chi connectivity index (χ0v) is 12.9. The van der Waals surface area contributed by atoms with Crippen LogP contribution in [0.4, 0.5) is 0 Å². The molecule has 23 heavy (non-hydrogen) atoms. The number of aromatic amines is 1. The van der Waals surface area contributed by atoms with Crippen molar-refractivity contribution in [1.82, 2.24) is 24.4 Å². The summed E-state index contributed by atoms with van der Waals surface area (Å²) in [6.45, 7) is 2.77. The van der Waals surface area contributed by atoms with Crippen molar-refractivity contribution in [3.63, 3.8) is 0 Å². The monoisotopic (exact) mass is 317 g/mol. The third-order valence-electron chi connectivity index (χ3n) is 4.19. The molecule has 8 heteroatoms. The van der Waals surface area contributed by atoms with Crippen LogP contribution in [0.3, 0.4) is 0 Å². The number of carboxylic acid groups (broad SMARTS) is 1. The van der Waals surface area contributed by atoms with Crippen LogP contribution in [0.1, 0.15) is 30.6 Å². The third kappa shape index (κ3) is 2.96. The second-order valence-electron chi connectivity index (χ2n) is 5.55. The number of rotatable bonds is 5. The van der Waals surface area contributed by atoms with Gasteiger partial charge in [0.05, 0.1) is 24.3 Å². The number of imidazole rings is 2. The van der Waals surface area contributed by atoms with Gasteiger partial charge in [0.15, 0.2) is 0 Å². The number of carboxylic acids is 1. The predicted molar refractivity (Wildman–Crippen MR) is 80.5 cm³/mol. The van der Waals surface area contributed by atoms with Gasteiger partial charge in [0.2, 0.25) is 5.91 Å². The van der Waals surface area contributed by atoms with E-state index in [1.165, 1.54) is 11.2 Å². The molecule has 0 saturated heterocycles. The highest BCUT2D eigenvalue weighted by Crippen LogP contribution is 2.21. The van der Waals surface area contributed by atoms with Gasteiger partial charge in [0.25, 0.3) is 0 Å². The normalized spacial score (nSPS) is 17.1. The lowest BCUT2D eigenvalue weighted by Gasteiger charge is -2.32. The average Bonchev–Trinajstić information content (AvgIpc) is 3.19. The van der Waals surface area contributed by atoms with Gasteiger partial charge in [-0.1, -0.05) is 6.92 Å². The van der Waals surface area contributed by atoms with E-state index in [4.69, 9.17) is 0 Å². The van der Waals surface area contributed by atoms with Crippen LogP contribution in [0.25, 0.3) is 0 Å². The molecule has 1 atom stereocenters. The van der Waals surface area contributed by atoms with Crippen molar-refractivity contribution in [2.24, 2.45) is 0 Å². The van der Waals surface area contributed by atoms with Crippen LogP contribution in [-0.2, 0) is 35.5 Å².